The Morgan fingerprint density at radius 1 is 1.53 bits per heavy atom. The number of carbonyl (C=O) groups excluding carboxylic acids is 1. The van der Waals surface area contributed by atoms with Gasteiger partial charge in [-0.2, -0.15) is 0 Å². The molecule has 6 heteroatoms. The Morgan fingerprint density at radius 3 is 2.82 bits per heavy atom. The summed E-state index contributed by atoms with van der Waals surface area (Å²) >= 11 is 0. The van der Waals surface area contributed by atoms with E-state index in [0.29, 0.717) is 6.54 Å². The summed E-state index contributed by atoms with van der Waals surface area (Å²) in [6.07, 6.45) is 4.20. The first kappa shape index (κ1) is 13.4. The molecular formula is C11H17N3O3. The number of aromatic amines is 1. The average molecular weight is 239 g/mol. The van der Waals surface area contributed by atoms with E-state index in [1.165, 1.54) is 11.1 Å². The summed E-state index contributed by atoms with van der Waals surface area (Å²) in [5, 5.41) is 8.90. The van der Waals surface area contributed by atoms with E-state index in [4.69, 9.17) is 5.11 Å². The van der Waals surface area contributed by atoms with Crippen molar-refractivity contribution in [2.24, 2.45) is 0 Å². The molecule has 2 N–H and O–H groups in total. The van der Waals surface area contributed by atoms with Crippen molar-refractivity contribution in [3.8, 4) is 0 Å². The average Bonchev–Trinajstić information content (AvgIpc) is 2.34. The predicted molar refractivity (Wildman–Crippen MR) is 62.8 cm³/mol. The van der Waals surface area contributed by atoms with Gasteiger partial charge in [0.05, 0.1) is 12.8 Å². The molecule has 0 aromatic carbocycles. The third-order valence-corrected chi connectivity index (χ3v) is 2.33. The van der Waals surface area contributed by atoms with Gasteiger partial charge < -0.3 is 15.0 Å². The van der Waals surface area contributed by atoms with Crippen LogP contribution in [0.2, 0.25) is 0 Å². The van der Waals surface area contributed by atoms with Crippen molar-refractivity contribution >= 4 is 5.91 Å². The highest BCUT2D eigenvalue weighted by molar-refractivity contribution is 5.91. The number of rotatable bonds is 6. The zero-order valence-electron chi connectivity index (χ0n) is 9.85. The smallest absolute Gasteiger partial charge is 0.274 e. The molecule has 1 rings (SSSR count). The number of nitrogens with zero attached hydrogens (tertiary/aromatic N) is 2. The molecule has 17 heavy (non-hydrogen) atoms. The topological polar surface area (TPSA) is 86.3 Å². The van der Waals surface area contributed by atoms with Gasteiger partial charge in [0, 0.05) is 19.3 Å². The number of H-pyrrole nitrogens is 1. The van der Waals surface area contributed by atoms with Crippen molar-refractivity contribution < 1.29 is 9.90 Å². The molecule has 1 aromatic heterocycles. The van der Waals surface area contributed by atoms with E-state index in [2.05, 4.69) is 9.97 Å². The SMILES string of the molecule is CCCCN(CCO)C(=O)c1c[nH]c(=O)cn1. The zero-order valence-corrected chi connectivity index (χ0v) is 9.85. The molecule has 0 saturated carbocycles. The van der Waals surface area contributed by atoms with Gasteiger partial charge in [-0.05, 0) is 6.42 Å². The Balaban J connectivity index is 2.75. The molecule has 94 valence electrons. The highest BCUT2D eigenvalue weighted by Gasteiger charge is 2.15. The quantitative estimate of drug-likeness (QED) is 0.732. The minimum absolute atomic E-state index is 0.0845. The van der Waals surface area contributed by atoms with E-state index < -0.39 is 0 Å². The van der Waals surface area contributed by atoms with Crippen LogP contribution in [0.25, 0.3) is 0 Å². The van der Waals surface area contributed by atoms with Crippen molar-refractivity contribution in [2.75, 3.05) is 19.7 Å². The molecule has 0 spiro atoms. The first-order valence-electron chi connectivity index (χ1n) is 5.64. The molecule has 0 atom stereocenters. The molecule has 0 aliphatic heterocycles. The molecule has 0 aliphatic carbocycles. The zero-order chi connectivity index (χ0) is 12.7. The van der Waals surface area contributed by atoms with Crippen LogP contribution in [-0.4, -0.2) is 45.6 Å². The number of nitrogens with one attached hydrogen (secondary N) is 1. The molecule has 6 nitrogen and oxygen atoms in total. The van der Waals surface area contributed by atoms with E-state index in [0.717, 1.165) is 19.0 Å². The molecule has 1 heterocycles. The number of amides is 1. The summed E-state index contributed by atoms with van der Waals surface area (Å²) in [4.78, 5) is 30.5. The molecule has 0 radical (unpaired) electrons. The fourth-order valence-corrected chi connectivity index (χ4v) is 1.41. The number of aliphatic hydroxyl groups excluding tert-OH is 1. The molecular weight excluding hydrogens is 222 g/mol. The van der Waals surface area contributed by atoms with Gasteiger partial charge in [0.2, 0.25) is 0 Å². The largest absolute Gasteiger partial charge is 0.395 e. The van der Waals surface area contributed by atoms with E-state index in [1.54, 1.807) is 0 Å². The number of hydrogen-bond acceptors (Lipinski definition) is 4. The van der Waals surface area contributed by atoms with Crippen LogP contribution in [0, 0.1) is 0 Å². The number of aromatic nitrogens is 2. The van der Waals surface area contributed by atoms with Gasteiger partial charge in [-0.3, -0.25) is 9.59 Å². The van der Waals surface area contributed by atoms with Crippen molar-refractivity contribution in [3.63, 3.8) is 0 Å². The lowest BCUT2D eigenvalue weighted by molar-refractivity contribution is 0.0713. The monoisotopic (exact) mass is 239 g/mol. The van der Waals surface area contributed by atoms with Crippen LogP contribution in [0.3, 0.4) is 0 Å². The molecule has 0 bridgehead atoms. The van der Waals surface area contributed by atoms with Gasteiger partial charge in [-0.15, -0.1) is 0 Å². The lowest BCUT2D eigenvalue weighted by Gasteiger charge is -2.20. The van der Waals surface area contributed by atoms with Crippen LogP contribution in [0.5, 0.6) is 0 Å². The molecule has 0 saturated heterocycles. The fraction of sp³-hybridized carbons (Fsp3) is 0.545. The lowest BCUT2D eigenvalue weighted by Crippen LogP contribution is -2.35. The van der Waals surface area contributed by atoms with Crippen molar-refractivity contribution in [1.29, 1.82) is 0 Å². The van der Waals surface area contributed by atoms with Gasteiger partial charge in [0.25, 0.3) is 11.5 Å². The Morgan fingerprint density at radius 2 is 2.29 bits per heavy atom. The number of hydrogen-bond donors (Lipinski definition) is 2. The van der Waals surface area contributed by atoms with E-state index >= 15 is 0 Å². The standard InChI is InChI=1S/C11H17N3O3/c1-2-3-4-14(5-6-15)11(17)9-7-13-10(16)8-12-9/h7-8,15H,2-6H2,1H3,(H,13,16). The molecule has 0 unspecified atom stereocenters. The Labute approximate surface area is 99.3 Å². The van der Waals surface area contributed by atoms with Crippen LogP contribution in [0.1, 0.15) is 30.3 Å². The van der Waals surface area contributed by atoms with Crippen molar-refractivity contribution in [3.05, 3.63) is 28.4 Å². The molecule has 0 fully saturated rings. The Hall–Kier alpha value is -1.69. The van der Waals surface area contributed by atoms with E-state index in [-0.39, 0.29) is 30.3 Å². The van der Waals surface area contributed by atoms with Crippen LogP contribution < -0.4 is 5.56 Å². The second kappa shape index (κ2) is 6.80. The van der Waals surface area contributed by atoms with Gasteiger partial charge in [-0.25, -0.2) is 4.98 Å². The first-order chi connectivity index (χ1) is 8.19. The van der Waals surface area contributed by atoms with E-state index in [9.17, 15) is 9.59 Å². The second-order valence-electron chi connectivity index (χ2n) is 3.67. The van der Waals surface area contributed by atoms with Crippen LogP contribution >= 0.6 is 0 Å². The van der Waals surface area contributed by atoms with Gasteiger partial charge >= 0.3 is 0 Å². The molecule has 1 amide bonds. The summed E-state index contributed by atoms with van der Waals surface area (Å²) in [5.74, 6) is -0.274. The highest BCUT2D eigenvalue weighted by Crippen LogP contribution is 2.01. The maximum atomic E-state index is 12.0. The summed E-state index contributed by atoms with van der Waals surface area (Å²) in [6, 6.07) is 0. The number of carbonyl (C=O) groups is 1. The Kier molecular flexibility index (Phi) is 5.35. The maximum absolute atomic E-state index is 12.0. The molecule has 0 aliphatic rings. The summed E-state index contributed by atoms with van der Waals surface area (Å²) < 4.78 is 0. The third-order valence-electron chi connectivity index (χ3n) is 2.33. The third kappa shape index (κ3) is 3.99. The maximum Gasteiger partial charge on any atom is 0.274 e. The van der Waals surface area contributed by atoms with Crippen molar-refractivity contribution in [2.45, 2.75) is 19.8 Å². The van der Waals surface area contributed by atoms with Gasteiger partial charge in [0.15, 0.2) is 0 Å². The van der Waals surface area contributed by atoms with Gasteiger partial charge in [-0.1, -0.05) is 13.3 Å². The minimum Gasteiger partial charge on any atom is -0.395 e. The number of aliphatic hydroxyl groups is 1. The number of unbranched alkanes of at least 4 members (excludes halogenated alkanes) is 1. The predicted octanol–water partition coefficient (Wildman–Crippen LogP) is 0.00450. The molecule has 1 aromatic rings. The minimum atomic E-state index is -0.344. The summed E-state index contributed by atoms with van der Waals surface area (Å²) in [7, 11) is 0. The van der Waals surface area contributed by atoms with Crippen LogP contribution in [0.15, 0.2) is 17.2 Å². The summed E-state index contributed by atoms with van der Waals surface area (Å²) in [5.41, 5.74) is -0.155. The Bertz CT molecular complexity index is 396. The van der Waals surface area contributed by atoms with Crippen molar-refractivity contribution in [1.82, 2.24) is 14.9 Å². The second-order valence-corrected chi connectivity index (χ2v) is 3.67. The normalized spacial score (nSPS) is 10.2. The van der Waals surface area contributed by atoms with Crippen LogP contribution in [0.4, 0.5) is 0 Å². The van der Waals surface area contributed by atoms with E-state index in [1.807, 2.05) is 6.92 Å². The van der Waals surface area contributed by atoms with Gasteiger partial charge in [0.1, 0.15) is 5.69 Å². The van der Waals surface area contributed by atoms with Crippen LogP contribution in [-0.2, 0) is 0 Å². The summed E-state index contributed by atoms with van der Waals surface area (Å²) in [6.45, 7) is 2.80. The first-order valence-corrected chi connectivity index (χ1v) is 5.64. The highest BCUT2D eigenvalue weighted by atomic mass is 16.3. The fourth-order valence-electron chi connectivity index (χ4n) is 1.41. The lowest BCUT2D eigenvalue weighted by atomic mass is 10.3.